The lowest BCUT2D eigenvalue weighted by atomic mass is 9.77. The second-order valence-electron chi connectivity index (χ2n) is 9.03. The van der Waals surface area contributed by atoms with Crippen molar-refractivity contribution >= 4 is 5.78 Å². The molecule has 140 valence electrons. The third kappa shape index (κ3) is 2.64. The average molecular weight is 350 g/mol. The van der Waals surface area contributed by atoms with Crippen molar-refractivity contribution in [2.24, 2.45) is 29.1 Å². The van der Waals surface area contributed by atoms with E-state index in [0.29, 0.717) is 12.0 Å². The highest BCUT2D eigenvalue weighted by Gasteiger charge is 2.61. The van der Waals surface area contributed by atoms with Crippen LogP contribution in [-0.2, 0) is 4.79 Å². The minimum absolute atomic E-state index is 0.0442. The van der Waals surface area contributed by atoms with Gasteiger partial charge in [0.25, 0.3) is 0 Å². The zero-order valence-corrected chi connectivity index (χ0v) is 15.4. The molecule has 5 heteroatoms. The molecule has 3 rings (SSSR count). The molecule has 25 heavy (non-hydrogen) atoms. The standard InChI is InChI=1S/C20H30O5/c1-9-6-12-13(19(12,4)5)7-14(21)11(3)17(23)15-16(22)10(2)8-20(15,25)18(9)24/h6,10,12-17,21-23,25H,3,7-8H2,1-2,4-5H3/b9-6-/t10-,12-,13+,14+,15-,16-,17-,20-/m0/s1. The highest BCUT2D eigenvalue weighted by Crippen LogP contribution is 2.62. The number of aliphatic hydroxyl groups excluding tert-OH is 3. The Morgan fingerprint density at radius 3 is 2.44 bits per heavy atom. The molecule has 0 aromatic heterocycles. The molecule has 0 bridgehead atoms. The van der Waals surface area contributed by atoms with E-state index in [9.17, 15) is 25.2 Å². The minimum atomic E-state index is -1.85. The second kappa shape index (κ2) is 5.74. The molecule has 0 amide bonds. The van der Waals surface area contributed by atoms with Gasteiger partial charge >= 0.3 is 0 Å². The van der Waals surface area contributed by atoms with E-state index in [1.54, 1.807) is 13.8 Å². The summed E-state index contributed by atoms with van der Waals surface area (Å²) in [4.78, 5) is 13.0. The van der Waals surface area contributed by atoms with Crippen LogP contribution in [0.25, 0.3) is 0 Å². The number of ketones is 1. The number of Topliss-reactive ketones (excluding diaryl/α,β-unsaturated/α-hetero) is 1. The van der Waals surface area contributed by atoms with Gasteiger partial charge in [-0.05, 0) is 54.1 Å². The molecule has 0 unspecified atom stereocenters. The maximum atomic E-state index is 13.0. The van der Waals surface area contributed by atoms with Crippen molar-refractivity contribution in [3.05, 3.63) is 23.8 Å². The highest BCUT2D eigenvalue weighted by atomic mass is 16.3. The van der Waals surface area contributed by atoms with Gasteiger partial charge in [-0.25, -0.2) is 0 Å². The number of rotatable bonds is 0. The number of carbonyl (C=O) groups is 1. The summed E-state index contributed by atoms with van der Waals surface area (Å²) in [7, 11) is 0. The quantitative estimate of drug-likeness (QED) is 0.492. The Labute approximate surface area is 149 Å². The fraction of sp³-hybridized carbons (Fsp3) is 0.750. The Balaban J connectivity index is 2.08. The minimum Gasteiger partial charge on any atom is -0.392 e. The molecule has 2 fully saturated rings. The lowest BCUT2D eigenvalue weighted by molar-refractivity contribution is -0.144. The molecular formula is C20H30O5. The van der Waals surface area contributed by atoms with E-state index in [0.717, 1.165) is 0 Å². The maximum Gasteiger partial charge on any atom is 0.190 e. The summed E-state index contributed by atoms with van der Waals surface area (Å²) in [6, 6.07) is 0. The maximum absolute atomic E-state index is 13.0. The summed E-state index contributed by atoms with van der Waals surface area (Å²) in [5, 5.41) is 43.0. The van der Waals surface area contributed by atoms with Crippen LogP contribution in [0.1, 0.15) is 40.5 Å². The number of carbonyl (C=O) groups excluding carboxylic acids is 1. The van der Waals surface area contributed by atoms with Crippen LogP contribution in [0.3, 0.4) is 0 Å². The molecule has 3 aliphatic carbocycles. The van der Waals surface area contributed by atoms with E-state index in [4.69, 9.17) is 0 Å². The number of aliphatic hydroxyl groups is 4. The van der Waals surface area contributed by atoms with Gasteiger partial charge in [0.2, 0.25) is 0 Å². The highest BCUT2D eigenvalue weighted by molar-refractivity contribution is 6.02. The number of fused-ring (bicyclic) bond motifs is 2. The largest absolute Gasteiger partial charge is 0.392 e. The number of allylic oxidation sites excluding steroid dienone is 1. The Kier molecular flexibility index (Phi) is 4.31. The van der Waals surface area contributed by atoms with E-state index in [-0.39, 0.29) is 35.2 Å². The molecule has 0 saturated heterocycles. The molecule has 0 aromatic carbocycles. The fourth-order valence-electron chi connectivity index (χ4n) is 5.15. The first-order valence-electron chi connectivity index (χ1n) is 9.11. The lowest BCUT2D eigenvalue weighted by Crippen LogP contribution is -2.51. The van der Waals surface area contributed by atoms with Crippen molar-refractivity contribution in [3.63, 3.8) is 0 Å². The predicted molar refractivity (Wildman–Crippen MR) is 93.5 cm³/mol. The van der Waals surface area contributed by atoms with Crippen LogP contribution < -0.4 is 0 Å². The van der Waals surface area contributed by atoms with Crippen LogP contribution in [0.15, 0.2) is 23.8 Å². The zero-order chi connectivity index (χ0) is 18.9. The van der Waals surface area contributed by atoms with E-state index in [1.165, 1.54) is 0 Å². The number of hydrogen-bond donors (Lipinski definition) is 4. The van der Waals surface area contributed by atoms with Gasteiger partial charge < -0.3 is 20.4 Å². The molecule has 0 radical (unpaired) electrons. The Morgan fingerprint density at radius 2 is 1.84 bits per heavy atom. The molecule has 3 aliphatic rings. The van der Waals surface area contributed by atoms with Gasteiger partial charge in [-0.2, -0.15) is 0 Å². The molecule has 0 spiro atoms. The molecule has 2 saturated carbocycles. The first-order chi connectivity index (χ1) is 11.4. The van der Waals surface area contributed by atoms with Gasteiger partial charge in [-0.1, -0.05) is 33.4 Å². The van der Waals surface area contributed by atoms with Crippen molar-refractivity contribution < 1.29 is 25.2 Å². The van der Waals surface area contributed by atoms with Crippen molar-refractivity contribution in [2.75, 3.05) is 0 Å². The third-order valence-electron chi connectivity index (χ3n) is 7.08. The van der Waals surface area contributed by atoms with Crippen LogP contribution in [0.4, 0.5) is 0 Å². The van der Waals surface area contributed by atoms with E-state index >= 15 is 0 Å². The third-order valence-corrected chi connectivity index (χ3v) is 7.08. The van der Waals surface area contributed by atoms with Gasteiger partial charge in [0.05, 0.1) is 24.2 Å². The molecular weight excluding hydrogens is 320 g/mol. The molecule has 5 nitrogen and oxygen atoms in total. The van der Waals surface area contributed by atoms with Crippen LogP contribution >= 0.6 is 0 Å². The van der Waals surface area contributed by atoms with Gasteiger partial charge in [-0.15, -0.1) is 0 Å². The van der Waals surface area contributed by atoms with E-state index < -0.39 is 35.6 Å². The second-order valence-corrected chi connectivity index (χ2v) is 9.03. The summed E-state index contributed by atoms with van der Waals surface area (Å²) in [5.74, 6) is -1.53. The van der Waals surface area contributed by atoms with Crippen LogP contribution in [0, 0.1) is 29.1 Å². The smallest absolute Gasteiger partial charge is 0.190 e. The zero-order valence-electron chi connectivity index (χ0n) is 15.4. The fourth-order valence-corrected chi connectivity index (χ4v) is 5.15. The molecule has 0 aliphatic heterocycles. The van der Waals surface area contributed by atoms with Crippen molar-refractivity contribution in [1.29, 1.82) is 0 Å². The topological polar surface area (TPSA) is 98.0 Å². The first-order valence-corrected chi connectivity index (χ1v) is 9.11. The normalized spacial score (nSPS) is 51.8. The summed E-state index contributed by atoms with van der Waals surface area (Å²) < 4.78 is 0. The van der Waals surface area contributed by atoms with Crippen molar-refractivity contribution in [1.82, 2.24) is 0 Å². The van der Waals surface area contributed by atoms with Crippen LogP contribution in [0.2, 0.25) is 0 Å². The Bertz CT molecular complexity index is 636. The van der Waals surface area contributed by atoms with Crippen LogP contribution in [0.5, 0.6) is 0 Å². The molecule has 4 N–H and O–H groups in total. The van der Waals surface area contributed by atoms with Crippen LogP contribution in [-0.4, -0.2) is 50.1 Å². The summed E-state index contributed by atoms with van der Waals surface area (Å²) in [6.07, 6.45) is -0.880. The van der Waals surface area contributed by atoms with Gasteiger partial charge in [0, 0.05) is 0 Å². The van der Waals surface area contributed by atoms with Gasteiger partial charge in [0.15, 0.2) is 5.78 Å². The predicted octanol–water partition coefficient (Wildman–Crippen LogP) is 1.20. The summed E-state index contributed by atoms with van der Waals surface area (Å²) >= 11 is 0. The van der Waals surface area contributed by atoms with E-state index in [2.05, 4.69) is 20.4 Å². The Morgan fingerprint density at radius 1 is 1.24 bits per heavy atom. The molecule has 0 heterocycles. The monoisotopic (exact) mass is 350 g/mol. The van der Waals surface area contributed by atoms with E-state index in [1.807, 2.05) is 6.08 Å². The SMILES string of the molecule is C=C1[C@H](O)C[C@@H]2[C@H](/C=C(/C)C(=O)[C@]3(O)C[C@H](C)[C@H](O)[C@H]3[C@H]1O)C2(C)C. The lowest BCUT2D eigenvalue weighted by Gasteiger charge is -2.35. The van der Waals surface area contributed by atoms with Crippen molar-refractivity contribution in [2.45, 2.75) is 64.4 Å². The Hall–Kier alpha value is -1.01. The molecule has 8 atom stereocenters. The summed E-state index contributed by atoms with van der Waals surface area (Å²) in [6.45, 7) is 11.4. The first kappa shape index (κ1) is 18.8. The summed E-state index contributed by atoms with van der Waals surface area (Å²) in [5.41, 5.74) is -1.26. The number of hydrogen-bond acceptors (Lipinski definition) is 5. The van der Waals surface area contributed by atoms with Gasteiger partial charge in [-0.3, -0.25) is 4.79 Å². The van der Waals surface area contributed by atoms with Gasteiger partial charge in [0.1, 0.15) is 5.60 Å². The van der Waals surface area contributed by atoms with Crippen molar-refractivity contribution in [3.8, 4) is 0 Å². The molecule has 0 aromatic rings. The average Bonchev–Trinajstić information content (AvgIpc) is 2.92.